The first-order chi connectivity index (χ1) is 22.3. The zero-order valence-electron chi connectivity index (χ0n) is 28.9. The van der Waals surface area contributed by atoms with Crippen LogP contribution in [0.25, 0.3) is 10.2 Å². The highest BCUT2D eigenvalue weighted by Gasteiger charge is 2.26. The lowest BCUT2D eigenvalue weighted by atomic mass is 9.94. The van der Waals surface area contributed by atoms with E-state index in [0.29, 0.717) is 41.8 Å². The molecule has 1 aliphatic rings. The highest BCUT2D eigenvalue weighted by Crippen LogP contribution is 2.28. The van der Waals surface area contributed by atoms with Crippen LogP contribution in [0.1, 0.15) is 78.1 Å². The summed E-state index contributed by atoms with van der Waals surface area (Å²) in [5, 5.41) is 0. The predicted molar refractivity (Wildman–Crippen MR) is 193 cm³/mol. The van der Waals surface area contributed by atoms with Crippen LogP contribution >= 0.6 is 11.3 Å². The molecule has 0 aliphatic carbocycles. The lowest BCUT2D eigenvalue weighted by Crippen LogP contribution is -2.33. The number of aromatic nitrogens is 2. The molecule has 5 rings (SSSR count). The number of fused-ring (bicyclic) bond motifs is 2. The minimum absolute atomic E-state index is 0.275. The van der Waals surface area contributed by atoms with Crippen molar-refractivity contribution in [1.29, 1.82) is 0 Å². The molecule has 0 saturated carbocycles. The number of rotatable bonds is 11. The Hall–Kier alpha value is -3.60. The molecule has 10 heteroatoms. The van der Waals surface area contributed by atoms with Gasteiger partial charge in [-0.3, -0.25) is 9.36 Å². The molecular weight excluding hydrogens is 625 g/mol. The molecule has 3 heterocycles. The van der Waals surface area contributed by atoms with Gasteiger partial charge in [0.25, 0.3) is 5.91 Å². The molecule has 0 saturated heterocycles. The standard InChI is InChI=1S/C37H48N4O4SSi/c1-8-9-13-27-18-19-32(38-33(27)35(43)45-37(2,3)4)40-21-20-26-14-12-15-28(29(26)24-40)34(42)39-36-41(25-44-22-23-47(5,6)7)30-16-10-11-17-31(30)46-36/h10-12,14-19H,8-9,13,20-25H2,1-7H3. The van der Waals surface area contributed by atoms with Crippen LogP contribution in [0.4, 0.5) is 5.82 Å². The van der Waals surface area contributed by atoms with E-state index in [4.69, 9.17) is 14.5 Å². The number of ether oxygens (including phenoxy) is 2. The summed E-state index contributed by atoms with van der Waals surface area (Å²) >= 11 is 1.50. The second kappa shape index (κ2) is 14.7. The van der Waals surface area contributed by atoms with E-state index in [1.54, 1.807) is 0 Å². The fourth-order valence-corrected chi connectivity index (χ4v) is 7.39. The Bertz CT molecular complexity index is 1820. The smallest absolute Gasteiger partial charge is 0.357 e. The molecule has 250 valence electrons. The van der Waals surface area contributed by atoms with Crippen molar-refractivity contribution in [2.45, 2.75) is 97.9 Å². The molecule has 1 amide bonds. The number of hydrogen-bond donors (Lipinski definition) is 0. The summed E-state index contributed by atoms with van der Waals surface area (Å²) in [6.07, 6.45) is 3.51. The van der Waals surface area contributed by atoms with Crippen LogP contribution in [-0.4, -0.2) is 48.3 Å². The number of carbonyl (C=O) groups is 2. The number of benzene rings is 2. The summed E-state index contributed by atoms with van der Waals surface area (Å²) in [5.41, 5.74) is 4.33. The number of anilines is 1. The summed E-state index contributed by atoms with van der Waals surface area (Å²) in [4.78, 5) is 39.5. The van der Waals surface area contributed by atoms with Gasteiger partial charge in [-0.1, -0.05) is 74.7 Å². The number of unbranched alkanes of at least 4 members (excludes halogenated alkanes) is 1. The average molecular weight is 673 g/mol. The molecule has 1 aliphatic heterocycles. The van der Waals surface area contributed by atoms with Crippen molar-refractivity contribution >= 4 is 47.3 Å². The fourth-order valence-electron chi connectivity index (χ4n) is 5.61. The van der Waals surface area contributed by atoms with E-state index in [1.165, 1.54) is 11.3 Å². The maximum Gasteiger partial charge on any atom is 0.357 e. The SMILES string of the molecule is CCCCc1ccc(N2CCc3cccc(C(=O)N=c4sc5ccccc5n4COCC[Si](C)(C)C)c3C2)nc1C(=O)OC(C)(C)C. The third-order valence-electron chi connectivity index (χ3n) is 8.19. The summed E-state index contributed by atoms with van der Waals surface area (Å²) in [6.45, 7) is 17.0. The van der Waals surface area contributed by atoms with Crippen molar-refractivity contribution in [3.63, 3.8) is 0 Å². The first kappa shape index (κ1) is 34.7. The van der Waals surface area contributed by atoms with Gasteiger partial charge in [0, 0.05) is 33.3 Å². The van der Waals surface area contributed by atoms with Crippen molar-refractivity contribution in [2.24, 2.45) is 4.99 Å². The lowest BCUT2D eigenvalue weighted by Gasteiger charge is -2.31. The van der Waals surface area contributed by atoms with Crippen molar-refractivity contribution in [3.8, 4) is 0 Å². The van der Waals surface area contributed by atoms with Gasteiger partial charge in [-0.2, -0.15) is 4.99 Å². The van der Waals surface area contributed by atoms with Gasteiger partial charge >= 0.3 is 5.97 Å². The lowest BCUT2D eigenvalue weighted by molar-refractivity contribution is 0.00614. The summed E-state index contributed by atoms with van der Waals surface area (Å²) in [5.74, 6) is 0.0239. The van der Waals surface area contributed by atoms with Crippen LogP contribution in [0.2, 0.25) is 25.7 Å². The van der Waals surface area contributed by atoms with Gasteiger partial charge in [-0.05, 0) is 87.0 Å². The van der Waals surface area contributed by atoms with Crippen molar-refractivity contribution < 1.29 is 19.1 Å². The number of esters is 1. The molecular formula is C37H48N4O4SSi. The zero-order valence-corrected chi connectivity index (χ0v) is 30.7. The Morgan fingerprint density at radius 3 is 2.57 bits per heavy atom. The van der Waals surface area contributed by atoms with Crippen LogP contribution in [-0.2, 0) is 35.6 Å². The summed E-state index contributed by atoms with van der Waals surface area (Å²) in [6, 6.07) is 19.1. The molecule has 0 atom stereocenters. The molecule has 0 N–H and O–H groups in total. The molecule has 0 radical (unpaired) electrons. The number of nitrogens with zero attached hydrogens (tertiary/aromatic N) is 4. The normalized spacial score (nSPS) is 14.0. The van der Waals surface area contributed by atoms with Gasteiger partial charge in [0.1, 0.15) is 18.1 Å². The molecule has 4 aromatic rings. The zero-order chi connectivity index (χ0) is 33.8. The van der Waals surface area contributed by atoms with E-state index >= 15 is 0 Å². The topological polar surface area (TPSA) is 86.0 Å². The van der Waals surface area contributed by atoms with Crippen LogP contribution < -0.4 is 9.70 Å². The molecule has 2 aromatic heterocycles. The molecule has 0 fully saturated rings. The second-order valence-electron chi connectivity index (χ2n) is 14.4. The fraction of sp³-hybridized carbons (Fsp3) is 0.459. The maximum atomic E-state index is 13.9. The summed E-state index contributed by atoms with van der Waals surface area (Å²) < 4.78 is 14.9. The van der Waals surface area contributed by atoms with E-state index in [-0.39, 0.29) is 5.91 Å². The van der Waals surface area contributed by atoms with Gasteiger partial charge in [-0.25, -0.2) is 9.78 Å². The van der Waals surface area contributed by atoms with Crippen LogP contribution in [0.5, 0.6) is 0 Å². The van der Waals surface area contributed by atoms with Crippen molar-refractivity contribution in [3.05, 3.63) is 87.3 Å². The second-order valence-corrected chi connectivity index (χ2v) is 21.1. The van der Waals surface area contributed by atoms with Gasteiger partial charge in [0.05, 0.1) is 10.2 Å². The molecule has 8 nitrogen and oxygen atoms in total. The van der Waals surface area contributed by atoms with Crippen LogP contribution in [0.3, 0.4) is 0 Å². The Balaban J connectivity index is 1.44. The van der Waals surface area contributed by atoms with Gasteiger partial charge < -0.3 is 14.4 Å². The Labute approximate surface area is 283 Å². The molecule has 47 heavy (non-hydrogen) atoms. The molecule has 0 spiro atoms. The van der Waals surface area contributed by atoms with Crippen LogP contribution in [0.15, 0.2) is 59.6 Å². The predicted octanol–water partition coefficient (Wildman–Crippen LogP) is 8.01. The first-order valence-corrected chi connectivity index (χ1v) is 21.2. The van der Waals surface area contributed by atoms with Gasteiger partial charge in [-0.15, -0.1) is 0 Å². The van der Waals surface area contributed by atoms with E-state index in [0.717, 1.165) is 65.2 Å². The quantitative estimate of drug-likeness (QED) is 0.0912. The number of hydrogen-bond acceptors (Lipinski definition) is 7. The number of pyridine rings is 1. The summed E-state index contributed by atoms with van der Waals surface area (Å²) in [7, 11) is -1.23. The van der Waals surface area contributed by atoms with Crippen LogP contribution in [0, 0.1) is 0 Å². The third kappa shape index (κ3) is 8.85. The van der Waals surface area contributed by atoms with E-state index in [1.807, 2.05) is 67.8 Å². The number of thiazole rings is 1. The minimum Gasteiger partial charge on any atom is -0.455 e. The molecule has 0 unspecified atom stereocenters. The highest BCUT2D eigenvalue weighted by molar-refractivity contribution is 7.16. The largest absolute Gasteiger partial charge is 0.455 e. The van der Waals surface area contributed by atoms with Gasteiger partial charge in [0.2, 0.25) is 0 Å². The number of para-hydroxylation sites is 1. The van der Waals surface area contributed by atoms with Crippen molar-refractivity contribution in [1.82, 2.24) is 9.55 Å². The number of aryl methyl sites for hydroxylation is 1. The molecule has 2 aromatic carbocycles. The highest BCUT2D eigenvalue weighted by atomic mass is 32.1. The third-order valence-corrected chi connectivity index (χ3v) is 10.9. The Morgan fingerprint density at radius 2 is 1.83 bits per heavy atom. The molecule has 0 bridgehead atoms. The average Bonchev–Trinajstić information content (AvgIpc) is 3.36. The maximum absolute atomic E-state index is 13.9. The first-order valence-electron chi connectivity index (χ1n) is 16.7. The minimum atomic E-state index is -1.23. The van der Waals surface area contributed by atoms with E-state index in [2.05, 4.69) is 48.6 Å². The Morgan fingerprint density at radius 1 is 1.04 bits per heavy atom. The monoisotopic (exact) mass is 672 g/mol. The van der Waals surface area contributed by atoms with E-state index < -0.39 is 19.6 Å². The van der Waals surface area contributed by atoms with E-state index in [9.17, 15) is 9.59 Å². The Kier molecular flexibility index (Phi) is 10.8. The van der Waals surface area contributed by atoms with Gasteiger partial charge in [0.15, 0.2) is 10.5 Å². The number of carbonyl (C=O) groups excluding carboxylic acids is 2. The number of amides is 1. The van der Waals surface area contributed by atoms with Crippen molar-refractivity contribution in [2.75, 3.05) is 18.1 Å².